The van der Waals surface area contributed by atoms with Crippen molar-refractivity contribution in [2.24, 2.45) is 10.9 Å². The molecule has 0 saturated heterocycles. The van der Waals surface area contributed by atoms with Crippen molar-refractivity contribution in [3.8, 4) is 0 Å². The van der Waals surface area contributed by atoms with E-state index in [1.54, 1.807) is 11.3 Å². The van der Waals surface area contributed by atoms with E-state index in [4.69, 9.17) is 10.6 Å². The zero-order valence-corrected chi connectivity index (χ0v) is 17.1. The quantitative estimate of drug-likeness (QED) is 0.378. The monoisotopic (exact) mass is 474 g/mol. The summed E-state index contributed by atoms with van der Waals surface area (Å²) < 4.78 is 1.56. The third kappa shape index (κ3) is 5.57. The minimum atomic E-state index is -0.332. The van der Waals surface area contributed by atoms with E-state index in [1.807, 2.05) is 31.4 Å². The molecule has 0 aliphatic heterocycles. The number of benzene rings is 1. The van der Waals surface area contributed by atoms with Crippen LogP contribution in [-0.4, -0.2) is 23.3 Å². The van der Waals surface area contributed by atoms with E-state index in [0.717, 1.165) is 25.2 Å². The first-order valence-corrected chi connectivity index (χ1v) is 9.42. The Morgan fingerprint density at radius 1 is 1.38 bits per heavy atom. The molecule has 0 aliphatic rings. The number of amidine groups is 1. The molecule has 6 nitrogen and oxygen atoms in total. The van der Waals surface area contributed by atoms with Crippen LogP contribution in [0.3, 0.4) is 0 Å². The van der Waals surface area contributed by atoms with Crippen LogP contribution in [-0.2, 0) is 16.1 Å². The first-order chi connectivity index (χ1) is 11.3. The first-order valence-electron chi connectivity index (χ1n) is 6.96. The van der Waals surface area contributed by atoms with Crippen molar-refractivity contribution in [1.29, 1.82) is 0 Å². The summed E-state index contributed by atoms with van der Waals surface area (Å²) in [7, 11) is 0. The summed E-state index contributed by atoms with van der Waals surface area (Å²) in [4.78, 5) is 21.2. The third-order valence-electron chi connectivity index (χ3n) is 2.86. The van der Waals surface area contributed by atoms with Crippen molar-refractivity contribution in [1.82, 2.24) is 4.98 Å². The number of nitrogens with zero attached hydrogens (tertiary/aromatic N) is 2. The maximum absolute atomic E-state index is 11.9. The highest BCUT2D eigenvalue weighted by Gasteiger charge is 2.11. The lowest BCUT2D eigenvalue weighted by Crippen LogP contribution is -2.20. The number of nitrogens with two attached hydrogens (primary N) is 1. The Morgan fingerprint density at radius 2 is 2.04 bits per heavy atom. The summed E-state index contributed by atoms with van der Waals surface area (Å²) in [6.45, 7) is 3.65. The van der Waals surface area contributed by atoms with Crippen LogP contribution in [0.2, 0.25) is 0 Å². The van der Waals surface area contributed by atoms with E-state index >= 15 is 0 Å². The number of anilines is 1. The highest BCUT2D eigenvalue weighted by molar-refractivity contribution is 9.11. The van der Waals surface area contributed by atoms with Gasteiger partial charge in [-0.3, -0.25) is 4.79 Å². The number of amides is 1. The molecular formula is C15H16Br2N4O2S. The number of thiazole rings is 1. The van der Waals surface area contributed by atoms with Gasteiger partial charge in [0, 0.05) is 14.3 Å². The van der Waals surface area contributed by atoms with Crippen LogP contribution in [0.15, 0.2) is 31.6 Å². The molecule has 9 heteroatoms. The van der Waals surface area contributed by atoms with Gasteiger partial charge in [0.15, 0.2) is 6.61 Å². The van der Waals surface area contributed by atoms with E-state index in [1.165, 1.54) is 0 Å². The molecule has 0 aliphatic carbocycles. The molecule has 0 bridgehead atoms. The number of oxime groups is 1. The van der Waals surface area contributed by atoms with Gasteiger partial charge in [0.1, 0.15) is 5.84 Å². The highest BCUT2D eigenvalue weighted by atomic mass is 79.9. The van der Waals surface area contributed by atoms with Crippen LogP contribution >= 0.6 is 43.2 Å². The molecule has 0 saturated carbocycles. The molecule has 1 aromatic heterocycles. The molecule has 1 heterocycles. The Balaban J connectivity index is 1.86. The number of carbonyl (C=O) groups excluding carboxylic acids is 1. The third-order valence-corrected chi connectivity index (χ3v) is 4.93. The van der Waals surface area contributed by atoms with E-state index in [0.29, 0.717) is 12.1 Å². The summed E-state index contributed by atoms with van der Waals surface area (Å²) in [5.74, 6) is -0.0629. The maximum Gasteiger partial charge on any atom is 0.265 e. The molecule has 0 unspecified atom stereocenters. The fourth-order valence-electron chi connectivity index (χ4n) is 1.88. The number of nitrogens with one attached hydrogen (secondary N) is 1. The number of hydrogen-bond donors (Lipinski definition) is 2. The maximum atomic E-state index is 11.9. The second-order valence-corrected chi connectivity index (χ2v) is 7.81. The standard InChI is InChI=1S/C15H16Br2N4O2S/c1-8-3-11(16)15(12(17)4-8)20-14(22)6-23-21-13(18)5-10-7-24-9(2)19-10/h3-4,7H,5-6H2,1-2H3,(H2,18,21)(H,20,22). The number of aromatic nitrogens is 1. The zero-order chi connectivity index (χ0) is 17.7. The Morgan fingerprint density at radius 3 is 2.62 bits per heavy atom. The molecule has 0 spiro atoms. The topological polar surface area (TPSA) is 89.6 Å². The van der Waals surface area contributed by atoms with Gasteiger partial charge in [-0.05, 0) is 63.4 Å². The molecule has 3 N–H and O–H groups in total. The SMILES string of the molecule is Cc1cc(Br)c(NC(=O)CON=C(N)Cc2csc(C)n2)c(Br)c1. The fourth-order valence-corrected chi connectivity index (χ4v) is 4.10. The largest absolute Gasteiger partial charge is 0.384 e. The van der Waals surface area contributed by atoms with Crippen LogP contribution in [0.25, 0.3) is 0 Å². The van der Waals surface area contributed by atoms with Gasteiger partial charge in [-0.15, -0.1) is 11.3 Å². The minimum absolute atomic E-state index is 0.233. The van der Waals surface area contributed by atoms with Crippen LogP contribution < -0.4 is 11.1 Å². The highest BCUT2D eigenvalue weighted by Crippen LogP contribution is 2.32. The second-order valence-electron chi connectivity index (χ2n) is 5.04. The molecule has 24 heavy (non-hydrogen) atoms. The van der Waals surface area contributed by atoms with Crippen LogP contribution in [0.1, 0.15) is 16.3 Å². The molecule has 2 aromatic rings. The van der Waals surface area contributed by atoms with E-state index < -0.39 is 0 Å². The lowest BCUT2D eigenvalue weighted by Gasteiger charge is -2.10. The van der Waals surface area contributed by atoms with Crippen molar-refractivity contribution in [2.45, 2.75) is 20.3 Å². The van der Waals surface area contributed by atoms with E-state index in [2.05, 4.69) is 47.3 Å². The van der Waals surface area contributed by atoms with Crippen molar-refractivity contribution >= 4 is 60.6 Å². The predicted octanol–water partition coefficient (Wildman–Crippen LogP) is 3.75. The second kappa shape index (κ2) is 8.59. The average molecular weight is 476 g/mol. The number of aryl methyl sites for hydroxylation is 2. The van der Waals surface area contributed by atoms with Crippen LogP contribution in [0.5, 0.6) is 0 Å². The van der Waals surface area contributed by atoms with Crippen molar-refractivity contribution in [3.63, 3.8) is 0 Å². The molecule has 1 aromatic carbocycles. The van der Waals surface area contributed by atoms with Gasteiger partial charge in [0.2, 0.25) is 0 Å². The number of rotatable bonds is 6. The van der Waals surface area contributed by atoms with Crippen molar-refractivity contribution in [3.05, 3.63) is 42.7 Å². The summed E-state index contributed by atoms with van der Waals surface area (Å²) in [5, 5.41) is 9.38. The fraction of sp³-hybridized carbons (Fsp3) is 0.267. The molecule has 0 radical (unpaired) electrons. The number of hydrogen-bond acceptors (Lipinski definition) is 5. The molecule has 1 amide bonds. The normalized spacial score (nSPS) is 11.4. The number of halogens is 2. The predicted molar refractivity (Wildman–Crippen MR) is 103 cm³/mol. The zero-order valence-electron chi connectivity index (χ0n) is 13.1. The van der Waals surface area contributed by atoms with Crippen LogP contribution in [0.4, 0.5) is 5.69 Å². The summed E-state index contributed by atoms with van der Waals surface area (Å²) in [6, 6.07) is 3.82. The van der Waals surface area contributed by atoms with Gasteiger partial charge in [0.25, 0.3) is 5.91 Å². The molecule has 2 rings (SSSR count). The summed E-state index contributed by atoms with van der Waals surface area (Å²) in [5.41, 5.74) is 8.30. The van der Waals surface area contributed by atoms with Crippen molar-refractivity contribution in [2.75, 3.05) is 11.9 Å². The van der Waals surface area contributed by atoms with Gasteiger partial charge >= 0.3 is 0 Å². The molecule has 128 valence electrons. The van der Waals surface area contributed by atoms with Crippen LogP contribution in [0, 0.1) is 13.8 Å². The Labute approximate surface area is 160 Å². The Kier molecular flexibility index (Phi) is 6.76. The van der Waals surface area contributed by atoms with Gasteiger partial charge in [-0.2, -0.15) is 0 Å². The number of carbonyl (C=O) groups is 1. The smallest absolute Gasteiger partial charge is 0.265 e. The van der Waals surface area contributed by atoms with E-state index in [-0.39, 0.29) is 18.3 Å². The van der Waals surface area contributed by atoms with Gasteiger partial charge in [-0.1, -0.05) is 5.16 Å². The first kappa shape index (κ1) is 18.9. The minimum Gasteiger partial charge on any atom is -0.384 e. The van der Waals surface area contributed by atoms with Gasteiger partial charge < -0.3 is 15.9 Å². The Bertz CT molecular complexity index is 754. The lowest BCUT2D eigenvalue weighted by molar-refractivity contribution is -0.120. The summed E-state index contributed by atoms with van der Waals surface area (Å²) >= 11 is 8.38. The molecule has 0 fully saturated rings. The Hall–Kier alpha value is -1.45. The van der Waals surface area contributed by atoms with Crippen molar-refractivity contribution < 1.29 is 9.63 Å². The average Bonchev–Trinajstić information content (AvgIpc) is 2.88. The van der Waals surface area contributed by atoms with Gasteiger partial charge in [-0.25, -0.2) is 4.98 Å². The molecule has 0 atom stereocenters. The lowest BCUT2D eigenvalue weighted by atomic mass is 10.2. The van der Waals surface area contributed by atoms with Gasteiger partial charge in [0.05, 0.1) is 22.8 Å². The summed E-state index contributed by atoms with van der Waals surface area (Å²) in [6.07, 6.45) is 0.390. The molecular weight excluding hydrogens is 460 g/mol. The van der Waals surface area contributed by atoms with E-state index in [9.17, 15) is 4.79 Å².